The molecule has 0 aromatic carbocycles. The molecule has 1 rings (SSSR count). The molecule has 0 aliphatic rings. The number of nitrogens with zero attached hydrogens (tertiary/aromatic N) is 1. The highest BCUT2D eigenvalue weighted by molar-refractivity contribution is 5.93. The number of carbonyl (C=O) groups is 1. The molecule has 0 saturated carbocycles. The molecule has 0 spiro atoms. The van der Waals surface area contributed by atoms with Crippen molar-refractivity contribution in [1.29, 1.82) is 0 Å². The molecule has 0 saturated heterocycles. The Morgan fingerprint density at radius 3 is 2.75 bits per heavy atom. The van der Waals surface area contributed by atoms with Crippen molar-refractivity contribution >= 4 is 5.91 Å². The molecule has 5 heteroatoms. The molecule has 3 N–H and O–H groups in total. The summed E-state index contributed by atoms with van der Waals surface area (Å²) in [5, 5.41) is 0. The van der Waals surface area contributed by atoms with E-state index in [0.29, 0.717) is 13.1 Å². The molecule has 0 atom stereocenters. The summed E-state index contributed by atoms with van der Waals surface area (Å²) in [6.45, 7) is 4.62. The van der Waals surface area contributed by atoms with Crippen LogP contribution < -0.4 is 11.2 Å². The van der Waals surface area contributed by atoms with Gasteiger partial charge in [-0.05, 0) is 13.8 Å². The summed E-state index contributed by atoms with van der Waals surface area (Å²) in [7, 11) is 0. The third-order valence-corrected chi connectivity index (χ3v) is 2.31. The summed E-state index contributed by atoms with van der Waals surface area (Å²) in [5.74, 6) is -0.276. The number of nitrogens with two attached hydrogens (primary N) is 1. The lowest BCUT2D eigenvalue weighted by Crippen LogP contribution is -2.42. The van der Waals surface area contributed by atoms with Gasteiger partial charge in [0, 0.05) is 37.6 Å². The number of amides is 1. The number of aromatic nitrogens is 1. The minimum Gasteiger partial charge on any atom is -0.367 e. The van der Waals surface area contributed by atoms with Crippen molar-refractivity contribution in [3.8, 4) is 0 Å². The van der Waals surface area contributed by atoms with E-state index in [1.54, 1.807) is 4.90 Å². The molecule has 1 heterocycles. The van der Waals surface area contributed by atoms with Gasteiger partial charge in [-0.25, -0.2) is 0 Å². The van der Waals surface area contributed by atoms with E-state index < -0.39 is 0 Å². The smallest absolute Gasteiger partial charge is 0.259 e. The minimum atomic E-state index is -0.276. The fourth-order valence-electron chi connectivity index (χ4n) is 1.47. The highest BCUT2D eigenvalue weighted by Crippen LogP contribution is 2.03. The molecule has 0 aliphatic carbocycles. The number of aromatic amines is 1. The lowest BCUT2D eigenvalue weighted by Gasteiger charge is -2.25. The summed E-state index contributed by atoms with van der Waals surface area (Å²) in [5.41, 5.74) is 5.33. The third-order valence-electron chi connectivity index (χ3n) is 2.31. The van der Waals surface area contributed by atoms with Gasteiger partial charge >= 0.3 is 0 Å². The number of carbonyl (C=O) groups excluding carboxylic acids is 1. The molecule has 16 heavy (non-hydrogen) atoms. The average molecular weight is 223 g/mol. The lowest BCUT2D eigenvalue weighted by molar-refractivity contribution is 0.0710. The molecule has 0 bridgehead atoms. The number of nitrogens with one attached hydrogen (secondary N) is 1. The molecule has 0 unspecified atom stereocenters. The second-order valence-electron chi connectivity index (χ2n) is 3.80. The maximum Gasteiger partial charge on any atom is 0.259 e. The molecule has 88 valence electrons. The zero-order valence-corrected chi connectivity index (χ0v) is 9.56. The van der Waals surface area contributed by atoms with Gasteiger partial charge in [-0.3, -0.25) is 9.59 Å². The second-order valence-corrected chi connectivity index (χ2v) is 3.80. The summed E-state index contributed by atoms with van der Waals surface area (Å²) < 4.78 is 0. The first-order chi connectivity index (χ1) is 7.57. The molecule has 0 fully saturated rings. The molecule has 1 aromatic rings. The molecule has 5 nitrogen and oxygen atoms in total. The first-order valence-electron chi connectivity index (χ1n) is 5.26. The van der Waals surface area contributed by atoms with Crippen LogP contribution in [-0.4, -0.2) is 34.9 Å². The van der Waals surface area contributed by atoms with E-state index in [-0.39, 0.29) is 22.9 Å². The number of rotatable bonds is 4. The van der Waals surface area contributed by atoms with E-state index in [4.69, 9.17) is 5.73 Å². The van der Waals surface area contributed by atoms with Crippen molar-refractivity contribution in [2.45, 2.75) is 19.9 Å². The predicted octanol–water partition coefficient (Wildman–Crippen LogP) is 0.184. The summed E-state index contributed by atoms with van der Waals surface area (Å²) in [4.78, 5) is 27.9. The SMILES string of the molecule is CC(C)N(CCN)C(=O)c1c[nH]ccc1=O. The lowest BCUT2D eigenvalue weighted by atomic mass is 10.2. The van der Waals surface area contributed by atoms with Gasteiger partial charge in [-0.1, -0.05) is 0 Å². The van der Waals surface area contributed by atoms with Crippen molar-refractivity contribution in [1.82, 2.24) is 9.88 Å². The fourth-order valence-corrected chi connectivity index (χ4v) is 1.47. The summed E-state index contributed by atoms with van der Waals surface area (Å²) >= 11 is 0. The fraction of sp³-hybridized carbons (Fsp3) is 0.455. The van der Waals surface area contributed by atoms with Crippen LogP contribution in [0.3, 0.4) is 0 Å². The van der Waals surface area contributed by atoms with E-state index in [1.807, 2.05) is 13.8 Å². The third kappa shape index (κ3) is 2.70. The zero-order valence-electron chi connectivity index (χ0n) is 9.56. The van der Waals surface area contributed by atoms with Gasteiger partial charge in [0.25, 0.3) is 5.91 Å². The summed E-state index contributed by atoms with van der Waals surface area (Å²) in [6, 6.07) is 1.37. The maximum absolute atomic E-state index is 12.0. The van der Waals surface area contributed by atoms with Crippen LogP contribution in [0.1, 0.15) is 24.2 Å². The van der Waals surface area contributed by atoms with Crippen molar-refractivity contribution in [2.24, 2.45) is 5.73 Å². The number of hydrogen-bond donors (Lipinski definition) is 2. The van der Waals surface area contributed by atoms with E-state index >= 15 is 0 Å². The van der Waals surface area contributed by atoms with Gasteiger partial charge in [0.1, 0.15) is 5.56 Å². The van der Waals surface area contributed by atoms with Crippen molar-refractivity contribution < 1.29 is 4.79 Å². The number of H-pyrrole nitrogens is 1. The van der Waals surface area contributed by atoms with Crippen LogP contribution in [0, 0.1) is 0 Å². The Kier molecular flexibility index (Phi) is 4.25. The van der Waals surface area contributed by atoms with E-state index in [2.05, 4.69) is 4.98 Å². The summed E-state index contributed by atoms with van der Waals surface area (Å²) in [6.07, 6.45) is 2.93. The monoisotopic (exact) mass is 223 g/mol. The van der Waals surface area contributed by atoms with Crippen molar-refractivity contribution in [2.75, 3.05) is 13.1 Å². The first kappa shape index (κ1) is 12.4. The van der Waals surface area contributed by atoms with Crippen LogP contribution in [0.2, 0.25) is 0 Å². The van der Waals surface area contributed by atoms with Gasteiger partial charge < -0.3 is 15.6 Å². The second kappa shape index (κ2) is 5.46. The number of pyridine rings is 1. The van der Waals surface area contributed by atoms with E-state index in [9.17, 15) is 9.59 Å². The Labute approximate surface area is 94.3 Å². The Hall–Kier alpha value is -1.62. The Bertz CT molecular complexity index is 412. The van der Waals surface area contributed by atoms with E-state index in [0.717, 1.165) is 0 Å². The quantitative estimate of drug-likeness (QED) is 0.764. The van der Waals surface area contributed by atoms with Gasteiger partial charge in [0.05, 0.1) is 0 Å². The van der Waals surface area contributed by atoms with Crippen LogP contribution in [0.15, 0.2) is 23.3 Å². The minimum absolute atomic E-state index is 0.0238. The van der Waals surface area contributed by atoms with Crippen LogP contribution >= 0.6 is 0 Å². The molecule has 0 radical (unpaired) electrons. The Morgan fingerprint density at radius 2 is 2.25 bits per heavy atom. The van der Waals surface area contributed by atoms with Crippen molar-refractivity contribution in [3.63, 3.8) is 0 Å². The molecule has 1 aromatic heterocycles. The largest absolute Gasteiger partial charge is 0.367 e. The molecular formula is C11H17N3O2. The molecular weight excluding hydrogens is 206 g/mol. The average Bonchev–Trinajstić information content (AvgIpc) is 2.25. The predicted molar refractivity (Wildman–Crippen MR) is 62.3 cm³/mol. The standard InChI is InChI=1S/C11H17N3O2/c1-8(2)14(6-4-12)11(16)9-7-13-5-3-10(9)15/h3,5,7-8H,4,6,12H2,1-2H3,(H,13,15). The van der Waals surface area contributed by atoms with Crippen LogP contribution in [0.25, 0.3) is 0 Å². The first-order valence-corrected chi connectivity index (χ1v) is 5.26. The highest BCUT2D eigenvalue weighted by atomic mass is 16.2. The normalized spacial score (nSPS) is 10.5. The van der Waals surface area contributed by atoms with Crippen LogP contribution in [0.5, 0.6) is 0 Å². The van der Waals surface area contributed by atoms with E-state index in [1.165, 1.54) is 18.5 Å². The maximum atomic E-state index is 12.0. The Balaban J connectivity index is 3.00. The molecule has 0 aliphatic heterocycles. The van der Waals surface area contributed by atoms with Gasteiger partial charge in [0.2, 0.25) is 0 Å². The molecule has 1 amide bonds. The van der Waals surface area contributed by atoms with Crippen LogP contribution in [0.4, 0.5) is 0 Å². The highest BCUT2D eigenvalue weighted by Gasteiger charge is 2.19. The van der Waals surface area contributed by atoms with Gasteiger partial charge in [-0.2, -0.15) is 0 Å². The van der Waals surface area contributed by atoms with Gasteiger partial charge in [-0.15, -0.1) is 0 Å². The van der Waals surface area contributed by atoms with Crippen LogP contribution in [-0.2, 0) is 0 Å². The van der Waals surface area contributed by atoms with Crippen molar-refractivity contribution in [3.05, 3.63) is 34.2 Å². The Morgan fingerprint density at radius 1 is 1.56 bits per heavy atom. The van der Waals surface area contributed by atoms with Gasteiger partial charge in [0.15, 0.2) is 5.43 Å². The zero-order chi connectivity index (χ0) is 12.1. The number of hydrogen-bond acceptors (Lipinski definition) is 3. The topological polar surface area (TPSA) is 79.2 Å².